The van der Waals surface area contributed by atoms with Gasteiger partial charge >= 0.3 is 0 Å². The average molecular weight is 227 g/mol. The van der Waals surface area contributed by atoms with Gasteiger partial charge in [-0.3, -0.25) is 4.90 Å². The molecule has 1 aromatic rings. The van der Waals surface area contributed by atoms with Crippen LogP contribution in [-0.4, -0.2) is 18.0 Å². The number of rotatable bonds is 4. The molecule has 0 atom stereocenters. The summed E-state index contributed by atoms with van der Waals surface area (Å²) >= 11 is 5.88. The van der Waals surface area contributed by atoms with E-state index in [1.165, 1.54) is 6.07 Å². The van der Waals surface area contributed by atoms with Crippen LogP contribution in [0.2, 0.25) is 5.02 Å². The van der Waals surface area contributed by atoms with Crippen LogP contribution >= 0.6 is 11.6 Å². The molecule has 0 aromatic heterocycles. The molecule has 0 heterocycles. The molecule has 15 heavy (non-hydrogen) atoms. The highest BCUT2D eigenvalue weighted by Crippen LogP contribution is 2.20. The van der Waals surface area contributed by atoms with Crippen LogP contribution < -0.4 is 0 Å². The van der Waals surface area contributed by atoms with E-state index in [0.29, 0.717) is 23.7 Å². The van der Waals surface area contributed by atoms with Crippen LogP contribution in [0, 0.1) is 17.1 Å². The SMILES string of the molecule is CCN(CC#N)Cc1c(F)cccc1Cl. The van der Waals surface area contributed by atoms with E-state index in [-0.39, 0.29) is 12.4 Å². The van der Waals surface area contributed by atoms with Gasteiger partial charge in [-0.1, -0.05) is 24.6 Å². The van der Waals surface area contributed by atoms with Gasteiger partial charge in [-0.25, -0.2) is 4.39 Å². The lowest BCUT2D eigenvalue weighted by atomic mass is 10.2. The standard InChI is InChI=1S/C11H12ClFN2/c1-2-15(7-6-14)8-9-10(12)4-3-5-11(9)13/h3-5H,2,7-8H2,1H3. The summed E-state index contributed by atoms with van der Waals surface area (Å²) in [6, 6.07) is 6.64. The lowest BCUT2D eigenvalue weighted by molar-refractivity contribution is 0.309. The van der Waals surface area contributed by atoms with Gasteiger partial charge in [-0.15, -0.1) is 0 Å². The Morgan fingerprint density at radius 3 is 2.80 bits per heavy atom. The monoisotopic (exact) mass is 226 g/mol. The molecule has 4 heteroatoms. The quantitative estimate of drug-likeness (QED) is 0.739. The Hall–Kier alpha value is -1.11. The van der Waals surface area contributed by atoms with Crippen molar-refractivity contribution < 1.29 is 4.39 Å². The van der Waals surface area contributed by atoms with Crippen molar-refractivity contribution in [2.24, 2.45) is 0 Å². The van der Waals surface area contributed by atoms with Gasteiger partial charge < -0.3 is 0 Å². The maximum absolute atomic E-state index is 13.4. The highest BCUT2D eigenvalue weighted by atomic mass is 35.5. The first-order valence-electron chi connectivity index (χ1n) is 4.71. The molecule has 0 radical (unpaired) electrons. The largest absolute Gasteiger partial charge is 0.286 e. The molecule has 0 fully saturated rings. The molecule has 0 N–H and O–H groups in total. The number of benzene rings is 1. The van der Waals surface area contributed by atoms with Crippen LogP contribution in [0.25, 0.3) is 0 Å². The molecule has 1 rings (SSSR count). The Balaban J connectivity index is 2.83. The zero-order valence-corrected chi connectivity index (χ0v) is 9.26. The maximum Gasteiger partial charge on any atom is 0.129 e. The predicted octanol–water partition coefficient (Wildman–Crippen LogP) is 2.82. The molecule has 0 aliphatic rings. The molecule has 0 unspecified atom stereocenters. The van der Waals surface area contributed by atoms with Crippen molar-refractivity contribution in [1.29, 1.82) is 5.26 Å². The summed E-state index contributed by atoms with van der Waals surface area (Å²) in [5.74, 6) is -0.320. The minimum absolute atomic E-state index is 0.279. The topological polar surface area (TPSA) is 27.0 Å². The third kappa shape index (κ3) is 3.19. The molecular formula is C11H12ClFN2. The lowest BCUT2D eigenvalue weighted by Crippen LogP contribution is -2.23. The van der Waals surface area contributed by atoms with Gasteiger partial charge in [0.05, 0.1) is 12.6 Å². The first kappa shape index (κ1) is 12.0. The first-order valence-corrected chi connectivity index (χ1v) is 5.09. The summed E-state index contributed by atoms with van der Waals surface area (Å²) < 4.78 is 13.4. The fraction of sp³-hybridized carbons (Fsp3) is 0.364. The van der Waals surface area contributed by atoms with Gasteiger partial charge in [0.25, 0.3) is 0 Å². The summed E-state index contributed by atoms with van der Waals surface area (Å²) in [4.78, 5) is 1.82. The second-order valence-corrected chi connectivity index (χ2v) is 3.57. The zero-order chi connectivity index (χ0) is 11.3. The van der Waals surface area contributed by atoms with Gasteiger partial charge in [0, 0.05) is 17.1 Å². The Bertz CT molecular complexity index is 353. The lowest BCUT2D eigenvalue weighted by Gasteiger charge is -2.17. The number of hydrogen-bond donors (Lipinski definition) is 0. The normalized spacial score (nSPS) is 10.3. The first-order chi connectivity index (χ1) is 7.19. The number of nitriles is 1. The van der Waals surface area contributed by atoms with Crippen LogP contribution in [0.3, 0.4) is 0 Å². The molecule has 0 aliphatic heterocycles. The second-order valence-electron chi connectivity index (χ2n) is 3.16. The third-order valence-corrected chi connectivity index (χ3v) is 2.54. The minimum atomic E-state index is -0.320. The molecule has 80 valence electrons. The number of nitrogens with zero attached hydrogens (tertiary/aromatic N) is 2. The van der Waals surface area contributed by atoms with Crippen molar-refractivity contribution in [2.45, 2.75) is 13.5 Å². The van der Waals surface area contributed by atoms with Crippen LogP contribution in [0.1, 0.15) is 12.5 Å². The van der Waals surface area contributed by atoms with Gasteiger partial charge in [0.1, 0.15) is 5.82 Å². The Morgan fingerprint density at radius 1 is 1.53 bits per heavy atom. The van der Waals surface area contributed by atoms with Crippen molar-refractivity contribution in [1.82, 2.24) is 4.90 Å². The smallest absolute Gasteiger partial charge is 0.129 e. The minimum Gasteiger partial charge on any atom is -0.286 e. The molecule has 0 aliphatic carbocycles. The Kier molecular flexibility index (Phi) is 4.54. The highest BCUT2D eigenvalue weighted by Gasteiger charge is 2.10. The van der Waals surface area contributed by atoms with Gasteiger partial charge in [-0.05, 0) is 18.7 Å². The molecular weight excluding hydrogens is 215 g/mol. The van der Waals surface area contributed by atoms with E-state index in [2.05, 4.69) is 0 Å². The van der Waals surface area contributed by atoms with E-state index in [1.54, 1.807) is 12.1 Å². The fourth-order valence-corrected chi connectivity index (χ4v) is 1.51. The summed E-state index contributed by atoms with van der Waals surface area (Å²) in [6.07, 6.45) is 0. The zero-order valence-electron chi connectivity index (χ0n) is 8.50. The second kappa shape index (κ2) is 5.69. The van der Waals surface area contributed by atoms with Gasteiger partial charge in [0.15, 0.2) is 0 Å². The summed E-state index contributed by atoms with van der Waals surface area (Å²) in [5.41, 5.74) is 0.455. The van der Waals surface area contributed by atoms with Crippen molar-refractivity contribution in [3.8, 4) is 6.07 Å². The molecule has 0 spiro atoms. The fourth-order valence-electron chi connectivity index (χ4n) is 1.29. The van der Waals surface area contributed by atoms with Crippen LogP contribution in [0.5, 0.6) is 0 Å². The molecule has 0 bridgehead atoms. The summed E-state index contributed by atoms with van der Waals surface area (Å²) in [5, 5.41) is 8.97. The Morgan fingerprint density at radius 2 is 2.27 bits per heavy atom. The average Bonchev–Trinajstić information content (AvgIpc) is 2.22. The van der Waals surface area contributed by atoms with Crippen molar-refractivity contribution in [3.05, 3.63) is 34.6 Å². The molecule has 0 amide bonds. The molecule has 2 nitrogen and oxygen atoms in total. The van der Waals surface area contributed by atoms with E-state index in [0.717, 1.165) is 0 Å². The van der Waals surface area contributed by atoms with E-state index in [1.807, 2.05) is 17.9 Å². The van der Waals surface area contributed by atoms with Crippen LogP contribution in [0.4, 0.5) is 4.39 Å². The Labute approximate surface area is 93.9 Å². The molecule has 0 saturated heterocycles. The van der Waals surface area contributed by atoms with E-state index >= 15 is 0 Å². The van der Waals surface area contributed by atoms with E-state index in [4.69, 9.17) is 16.9 Å². The highest BCUT2D eigenvalue weighted by molar-refractivity contribution is 6.31. The molecule has 0 saturated carbocycles. The van der Waals surface area contributed by atoms with Crippen molar-refractivity contribution in [3.63, 3.8) is 0 Å². The van der Waals surface area contributed by atoms with Crippen molar-refractivity contribution >= 4 is 11.6 Å². The van der Waals surface area contributed by atoms with Gasteiger partial charge in [-0.2, -0.15) is 5.26 Å². The number of halogens is 2. The summed E-state index contributed by atoms with van der Waals surface area (Å²) in [6.45, 7) is 3.26. The van der Waals surface area contributed by atoms with Crippen LogP contribution in [0.15, 0.2) is 18.2 Å². The maximum atomic E-state index is 13.4. The third-order valence-electron chi connectivity index (χ3n) is 2.18. The van der Waals surface area contributed by atoms with Crippen molar-refractivity contribution in [2.75, 3.05) is 13.1 Å². The van der Waals surface area contributed by atoms with Crippen LogP contribution in [-0.2, 0) is 6.54 Å². The summed E-state index contributed by atoms with van der Waals surface area (Å²) in [7, 11) is 0. The predicted molar refractivity (Wildman–Crippen MR) is 58.0 cm³/mol. The van der Waals surface area contributed by atoms with E-state index < -0.39 is 0 Å². The van der Waals surface area contributed by atoms with E-state index in [9.17, 15) is 4.39 Å². The molecule has 1 aromatic carbocycles. The van der Waals surface area contributed by atoms with Gasteiger partial charge in [0.2, 0.25) is 0 Å². The number of hydrogen-bond acceptors (Lipinski definition) is 2.